The van der Waals surface area contributed by atoms with Crippen LogP contribution in [0.2, 0.25) is 0 Å². The lowest BCUT2D eigenvalue weighted by Gasteiger charge is -2.19. The van der Waals surface area contributed by atoms with Gasteiger partial charge < -0.3 is 9.55 Å². The number of nitrogens with zero attached hydrogens (tertiary/aromatic N) is 4. The topological polar surface area (TPSA) is 49.7 Å². The fourth-order valence-corrected chi connectivity index (χ4v) is 3.86. The maximum absolute atomic E-state index is 14.8. The van der Waals surface area contributed by atoms with Gasteiger partial charge in [0.05, 0.1) is 17.8 Å². The van der Waals surface area contributed by atoms with E-state index in [4.69, 9.17) is 0 Å². The summed E-state index contributed by atoms with van der Waals surface area (Å²) in [4.78, 5) is 13.6. The van der Waals surface area contributed by atoms with Crippen LogP contribution in [0, 0.1) is 6.92 Å². The van der Waals surface area contributed by atoms with Crippen LogP contribution in [-0.2, 0) is 0 Å². The molecule has 140 valence electrons. The Balaban J connectivity index is 1.61. The lowest BCUT2D eigenvalue weighted by atomic mass is 10.2. The molecule has 1 aliphatic rings. The van der Waals surface area contributed by atoms with E-state index in [-0.39, 0.29) is 19.5 Å². The van der Waals surface area contributed by atoms with Gasteiger partial charge in [0, 0.05) is 31.1 Å². The average Bonchev–Trinajstić information content (AvgIpc) is 3.22. The molecule has 26 heavy (non-hydrogen) atoms. The highest BCUT2D eigenvalue weighted by atomic mass is 19.4. The number of hydrogen-bond donors (Lipinski definition) is 1. The number of aromatic amines is 1. The monoisotopic (exact) mass is 369 g/mol. The molecule has 0 amide bonds. The van der Waals surface area contributed by atoms with Gasteiger partial charge in [-0.25, -0.2) is 14.4 Å². The number of likely N-dealkylation sites (tertiary alicyclic amines) is 1. The first-order valence-electron chi connectivity index (χ1n) is 8.57. The molecule has 1 unspecified atom stereocenters. The number of nitrogens with one attached hydrogen (secondary N) is 1. The van der Waals surface area contributed by atoms with Gasteiger partial charge in [-0.3, -0.25) is 4.90 Å². The second-order valence-corrected chi connectivity index (χ2v) is 6.82. The van der Waals surface area contributed by atoms with E-state index in [2.05, 4.69) is 15.0 Å². The molecular formula is C17H19F4N5. The highest BCUT2D eigenvalue weighted by molar-refractivity contribution is 6.01. The molecule has 0 radical (unpaired) electrons. The first-order chi connectivity index (χ1) is 12.3. The van der Waals surface area contributed by atoms with Crippen LogP contribution in [0.25, 0.3) is 22.1 Å². The summed E-state index contributed by atoms with van der Waals surface area (Å²) in [5, 5.41) is 0.867. The Morgan fingerprint density at radius 3 is 2.88 bits per heavy atom. The third kappa shape index (κ3) is 3.04. The number of H-pyrrole nitrogens is 1. The normalized spacial score (nSPS) is 22.0. The second kappa shape index (κ2) is 6.22. The minimum absolute atomic E-state index is 0.0153. The van der Waals surface area contributed by atoms with E-state index in [1.807, 2.05) is 17.6 Å². The number of halogens is 4. The number of fused-ring (bicyclic) bond motifs is 3. The molecule has 0 bridgehead atoms. The van der Waals surface area contributed by atoms with Crippen molar-refractivity contribution in [3.8, 4) is 0 Å². The molecule has 4 heterocycles. The molecule has 5 nitrogen and oxygen atoms in total. The predicted octanol–water partition coefficient (Wildman–Crippen LogP) is 3.76. The minimum atomic E-state index is -4.17. The summed E-state index contributed by atoms with van der Waals surface area (Å²) >= 11 is 0. The van der Waals surface area contributed by atoms with Crippen molar-refractivity contribution in [1.82, 2.24) is 24.4 Å². The van der Waals surface area contributed by atoms with E-state index in [0.29, 0.717) is 23.5 Å². The summed E-state index contributed by atoms with van der Waals surface area (Å²) in [5.41, 5.74) is 2.21. The van der Waals surface area contributed by atoms with E-state index < -0.39 is 24.8 Å². The molecule has 1 saturated heterocycles. The Labute approximate surface area is 147 Å². The number of hydrogen-bond acceptors (Lipinski definition) is 3. The summed E-state index contributed by atoms with van der Waals surface area (Å²) in [6.45, 7) is 2.57. The van der Waals surface area contributed by atoms with Crippen LogP contribution >= 0.6 is 0 Å². The zero-order chi connectivity index (χ0) is 18.5. The number of alkyl halides is 4. The highest BCUT2D eigenvalue weighted by Gasteiger charge is 2.36. The average molecular weight is 369 g/mol. The van der Waals surface area contributed by atoms with Gasteiger partial charge in [-0.05, 0) is 26.0 Å². The molecule has 0 aliphatic carbocycles. The molecule has 3 aromatic heterocycles. The van der Waals surface area contributed by atoms with Crippen molar-refractivity contribution in [2.24, 2.45) is 0 Å². The molecule has 1 aliphatic heterocycles. The Hall–Kier alpha value is -2.16. The van der Waals surface area contributed by atoms with Crippen molar-refractivity contribution in [3.63, 3.8) is 0 Å². The van der Waals surface area contributed by atoms with Crippen molar-refractivity contribution < 1.29 is 17.6 Å². The predicted molar refractivity (Wildman–Crippen MR) is 89.8 cm³/mol. The number of pyridine rings is 1. The van der Waals surface area contributed by atoms with Gasteiger partial charge in [0.15, 0.2) is 0 Å². The van der Waals surface area contributed by atoms with E-state index in [0.717, 1.165) is 10.9 Å². The van der Waals surface area contributed by atoms with Crippen LogP contribution in [0.4, 0.5) is 17.6 Å². The van der Waals surface area contributed by atoms with Gasteiger partial charge in [-0.15, -0.1) is 0 Å². The zero-order valence-corrected chi connectivity index (χ0v) is 14.2. The van der Waals surface area contributed by atoms with Crippen LogP contribution in [0.5, 0.6) is 0 Å². The van der Waals surface area contributed by atoms with Crippen molar-refractivity contribution in [2.45, 2.75) is 38.2 Å². The van der Waals surface area contributed by atoms with E-state index >= 15 is 0 Å². The van der Waals surface area contributed by atoms with Crippen molar-refractivity contribution >= 4 is 22.1 Å². The Morgan fingerprint density at radius 2 is 2.12 bits per heavy atom. The molecule has 1 fully saturated rings. The van der Waals surface area contributed by atoms with Crippen LogP contribution in [0.1, 0.15) is 24.7 Å². The molecule has 9 heteroatoms. The van der Waals surface area contributed by atoms with Crippen LogP contribution in [0.3, 0.4) is 0 Å². The van der Waals surface area contributed by atoms with Gasteiger partial charge in [0.1, 0.15) is 23.2 Å². The van der Waals surface area contributed by atoms with Crippen LogP contribution < -0.4 is 0 Å². The van der Waals surface area contributed by atoms with Gasteiger partial charge in [0.25, 0.3) is 0 Å². The third-order valence-corrected chi connectivity index (χ3v) is 4.97. The maximum atomic E-state index is 14.8. The summed E-state index contributed by atoms with van der Waals surface area (Å²) < 4.78 is 53.6. The smallest absolute Gasteiger partial charge is 0.346 e. The fraction of sp³-hybridized carbons (Fsp3) is 0.529. The number of aryl methyl sites for hydroxylation is 1. The quantitative estimate of drug-likeness (QED) is 0.713. The Kier molecular flexibility index (Phi) is 4.13. The van der Waals surface area contributed by atoms with E-state index in [1.54, 1.807) is 17.3 Å². The first-order valence-corrected chi connectivity index (χ1v) is 8.57. The SMILES string of the molecule is Cc1nc2cnc3[nH]ccc3c2n1C1CN(CCCC(F)(F)F)C[C@@H]1F. The molecule has 0 aromatic carbocycles. The lowest BCUT2D eigenvalue weighted by molar-refractivity contribution is -0.136. The largest absolute Gasteiger partial charge is 0.389 e. The van der Waals surface area contributed by atoms with Crippen molar-refractivity contribution in [3.05, 3.63) is 24.3 Å². The molecule has 1 N–H and O–H groups in total. The third-order valence-electron chi connectivity index (χ3n) is 4.97. The molecule has 4 rings (SSSR count). The lowest BCUT2D eigenvalue weighted by Crippen LogP contribution is -2.24. The number of imidazole rings is 1. The Bertz CT molecular complexity index is 928. The molecule has 0 saturated carbocycles. The maximum Gasteiger partial charge on any atom is 0.389 e. The standard InChI is InChI=1S/C17H19F4N5/c1-10-24-13-7-23-16-11(3-5-22-16)15(13)26(10)14-9-25(8-12(14)18)6-2-4-17(19,20)21/h3,5,7,12,14H,2,4,6,8-9H2,1H3,(H,22,23)/t12-,14?/m0/s1. The van der Waals surface area contributed by atoms with E-state index in [9.17, 15) is 17.6 Å². The minimum Gasteiger partial charge on any atom is -0.346 e. The second-order valence-electron chi connectivity index (χ2n) is 6.82. The van der Waals surface area contributed by atoms with E-state index in [1.165, 1.54) is 0 Å². The highest BCUT2D eigenvalue weighted by Crippen LogP contribution is 2.33. The van der Waals surface area contributed by atoms with Crippen molar-refractivity contribution in [2.75, 3.05) is 19.6 Å². The molecule has 3 aromatic rings. The molecular weight excluding hydrogens is 350 g/mol. The zero-order valence-electron chi connectivity index (χ0n) is 14.2. The number of aromatic nitrogens is 4. The van der Waals surface area contributed by atoms with Gasteiger partial charge >= 0.3 is 6.18 Å². The van der Waals surface area contributed by atoms with Crippen molar-refractivity contribution in [1.29, 1.82) is 0 Å². The summed E-state index contributed by atoms with van der Waals surface area (Å²) in [6.07, 6.45) is -2.75. The fourth-order valence-electron chi connectivity index (χ4n) is 3.86. The number of rotatable bonds is 4. The molecule has 0 spiro atoms. The summed E-state index contributed by atoms with van der Waals surface area (Å²) in [6, 6.07) is 1.41. The van der Waals surface area contributed by atoms with Crippen LogP contribution in [0.15, 0.2) is 18.5 Å². The van der Waals surface area contributed by atoms with Gasteiger partial charge in [-0.2, -0.15) is 13.2 Å². The summed E-state index contributed by atoms with van der Waals surface area (Å²) in [5.74, 6) is 0.681. The van der Waals surface area contributed by atoms with Crippen LogP contribution in [-0.4, -0.2) is 56.4 Å². The summed E-state index contributed by atoms with van der Waals surface area (Å²) in [7, 11) is 0. The van der Waals surface area contributed by atoms with Gasteiger partial charge in [-0.1, -0.05) is 0 Å². The first kappa shape index (κ1) is 17.3. The Morgan fingerprint density at radius 1 is 1.31 bits per heavy atom. The van der Waals surface area contributed by atoms with Gasteiger partial charge in [0.2, 0.25) is 0 Å². The molecule has 2 atom stereocenters.